The highest BCUT2D eigenvalue weighted by Crippen LogP contribution is 2.20. The van der Waals surface area contributed by atoms with Crippen molar-refractivity contribution in [3.05, 3.63) is 83.9 Å². The molecule has 0 fully saturated rings. The van der Waals surface area contributed by atoms with Gasteiger partial charge in [0.15, 0.2) is 5.78 Å². The van der Waals surface area contributed by atoms with Crippen molar-refractivity contribution in [3.63, 3.8) is 0 Å². The third-order valence-corrected chi connectivity index (χ3v) is 7.50. The molecule has 0 aliphatic heterocycles. The van der Waals surface area contributed by atoms with E-state index in [0.29, 0.717) is 32.2 Å². The summed E-state index contributed by atoms with van der Waals surface area (Å²) in [5.74, 6) is -3.51. The number of Topliss-reactive ketones (excluding diaryl/α,β-unsaturated/α-hetero) is 2. The number of carboxylic acid groups (broad SMARTS) is 1. The molecule has 0 aromatic heterocycles. The maximum absolute atomic E-state index is 13.6. The fraction of sp³-hybridized carbons (Fsp3) is 0.375. The molecule has 3 aromatic carbocycles. The van der Waals surface area contributed by atoms with Crippen molar-refractivity contribution in [1.29, 1.82) is 0 Å². The highest BCUT2D eigenvalue weighted by Gasteiger charge is 2.30. The normalized spacial score (nSPS) is 13.3. The number of fused-ring (bicyclic) bond motifs is 1. The van der Waals surface area contributed by atoms with Crippen LogP contribution >= 0.6 is 12.6 Å². The average Bonchev–Trinajstić information content (AvgIpc) is 2.95. The summed E-state index contributed by atoms with van der Waals surface area (Å²) in [4.78, 5) is 51.4. The van der Waals surface area contributed by atoms with Crippen LogP contribution in [-0.2, 0) is 32.0 Å². The van der Waals surface area contributed by atoms with Crippen molar-refractivity contribution in [3.8, 4) is 0 Å². The quantitative estimate of drug-likeness (QED) is 0.143. The Balaban J connectivity index is 1.76. The van der Waals surface area contributed by atoms with E-state index in [9.17, 15) is 24.3 Å². The van der Waals surface area contributed by atoms with Crippen molar-refractivity contribution < 1.29 is 24.3 Å². The molecule has 3 aromatic rings. The van der Waals surface area contributed by atoms with Gasteiger partial charge in [0.1, 0.15) is 5.78 Å². The van der Waals surface area contributed by atoms with Crippen LogP contribution in [-0.4, -0.2) is 46.9 Å². The summed E-state index contributed by atoms with van der Waals surface area (Å²) >= 11 is 4.07. The number of carbonyl (C=O) groups is 4. The van der Waals surface area contributed by atoms with E-state index in [4.69, 9.17) is 5.73 Å². The van der Waals surface area contributed by atoms with E-state index in [-0.39, 0.29) is 42.5 Å². The third-order valence-electron chi connectivity index (χ3n) is 7.05. The first kappa shape index (κ1) is 31.0. The summed E-state index contributed by atoms with van der Waals surface area (Å²) < 4.78 is 0. The lowest BCUT2D eigenvalue weighted by atomic mass is 9.90. The van der Waals surface area contributed by atoms with Crippen LogP contribution in [0.4, 0.5) is 0 Å². The predicted octanol–water partition coefficient (Wildman–Crippen LogP) is 4.40. The highest BCUT2D eigenvalue weighted by atomic mass is 32.1. The van der Waals surface area contributed by atoms with E-state index in [0.717, 1.165) is 21.9 Å². The highest BCUT2D eigenvalue weighted by molar-refractivity contribution is 7.80. The van der Waals surface area contributed by atoms with Gasteiger partial charge in [0, 0.05) is 30.9 Å². The number of ketones is 2. The second kappa shape index (κ2) is 15.9. The van der Waals surface area contributed by atoms with Crippen LogP contribution in [0.1, 0.15) is 43.2 Å². The molecule has 1 amide bonds. The van der Waals surface area contributed by atoms with Crippen LogP contribution in [0.25, 0.3) is 10.8 Å². The number of nitrogens with two attached hydrogens (primary N) is 1. The summed E-state index contributed by atoms with van der Waals surface area (Å²) in [5.41, 5.74) is 7.41. The van der Waals surface area contributed by atoms with Crippen molar-refractivity contribution in [1.82, 2.24) is 5.32 Å². The second-order valence-corrected chi connectivity index (χ2v) is 10.6. The topological polar surface area (TPSA) is 127 Å². The van der Waals surface area contributed by atoms with Crippen LogP contribution in [0, 0.1) is 11.8 Å². The molecule has 0 spiro atoms. The van der Waals surface area contributed by atoms with Crippen LogP contribution < -0.4 is 11.1 Å². The average molecular weight is 563 g/mol. The first-order valence-electron chi connectivity index (χ1n) is 13.7. The summed E-state index contributed by atoms with van der Waals surface area (Å²) in [5, 5.41) is 14.4. The summed E-state index contributed by atoms with van der Waals surface area (Å²) in [6, 6.07) is 22.4. The van der Waals surface area contributed by atoms with Gasteiger partial charge >= 0.3 is 5.97 Å². The lowest BCUT2D eigenvalue weighted by Crippen LogP contribution is -2.45. The molecule has 2 unspecified atom stereocenters. The van der Waals surface area contributed by atoms with E-state index >= 15 is 0 Å². The Morgan fingerprint density at radius 2 is 1.52 bits per heavy atom. The van der Waals surface area contributed by atoms with Gasteiger partial charge in [0.2, 0.25) is 5.91 Å². The molecular formula is C32H38N2O5S. The lowest BCUT2D eigenvalue weighted by Gasteiger charge is -2.23. The molecule has 8 heteroatoms. The Hall–Kier alpha value is -3.49. The molecular weight excluding hydrogens is 524 g/mol. The Labute approximate surface area is 240 Å². The molecule has 7 nitrogen and oxygen atoms in total. The number of nitrogens with one attached hydrogen (secondary N) is 1. The molecule has 3 atom stereocenters. The molecule has 40 heavy (non-hydrogen) atoms. The van der Waals surface area contributed by atoms with Crippen molar-refractivity contribution in [2.45, 2.75) is 51.0 Å². The van der Waals surface area contributed by atoms with Gasteiger partial charge < -0.3 is 16.2 Å². The zero-order valence-corrected chi connectivity index (χ0v) is 23.5. The first-order valence-corrected chi connectivity index (χ1v) is 14.3. The second-order valence-electron chi connectivity index (χ2n) is 10.2. The van der Waals surface area contributed by atoms with Gasteiger partial charge in [-0.15, -0.1) is 0 Å². The van der Waals surface area contributed by atoms with Crippen molar-refractivity contribution in [2.24, 2.45) is 17.6 Å². The van der Waals surface area contributed by atoms with Gasteiger partial charge in [-0.2, -0.15) is 12.6 Å². The molecule has 0 heterocycles. The number of unbranched alkanes of at least 4 members (excludes halogenated alkanes) is 1. The number of hydrogen-bond donors (Lipinski definition) is 4. The number of aliphatic carboxylic acids is 1. The minimum Gasteiger partial charge on any atom is -0.481 e. The van der Waals surface area contributed by atoms with Crippen LogP contribution in [0.3, 0.4) is 0 Å². The van der Waals surface area contributed by atoms with Crippen LogP contribution in [0.15, 0.2) is 72.8 Å². The number of rotatable bonds is 17. The molecule has 0 saturated carbocycles. The van der Waals surface area contributed by atoms with E-state index in [1.807, 2.05) is 72.8 Å². The number of carboxylic acids is 1. The van der Waals surface area contributed by atoms with Gasteiger partial charge in [-0.1, -0.05) is 72.8 Å². The van der Waals surface area contributed by atoms with E-state index < -0.39 is 23.8 Å². The predicted molar refractivity (Wildman–Crippen MR) is 160 cm³/mol. The van der Waals surface area contributed by atoms with E-state index in [2.05, 4.69) is 17.9 Å². The summed E-state index contributed by atoms with van der Waals surface area (Å²) in [7, 11) is 0. The fourth-order valence-corrected chi connectivity index (χ4v) is 5.08. The molecule has 0 bridgehead atoms. The maximum Gasteiger partial charge on any atom is 0.307 e. The number of thiol groups is 1. The van der Waals surface area contributed by atoms with Crippen LogP contribution in [0.2, 0.25) is 0 Å². The Bertz CT molecular complexity index is 1300. The number of amides is 1. The van der Waals surface area contributed by atoms with Gasteiger partial charge in [0.05, 0.1) is 12.0 Å². The molecule has 4 N–H and O–H groups in total. The molecule has 0 aliphatic rings. The molecule has 3 rings (SSSR count). The minimum atomic E-state index is -1.10. The zero-order chi connectivity index (χ0) is 28.9. The van der Waals surface area contributed by atoms with Gasteiger partial charge in [-0.05, 0) is 54.1 Å². The van der Waals surface area contributed by atoms with Gasteiger partial charge in [0.25, 0.3) is 0 Å². The number of carbonyl (C=O) groups excluding carboxylic acids is 3. The van der Waals surface area contributed by atoms with Crippen LogP contribution in [0.5, 0.6) is 0 Å². The SMILES string of the molecule is NCCCC[C@H](NC(=O)C(CC(=O)Cc1ccc2ccccc2c1)Cc1ccccc1)C(=O)CC(CS)C(=O)O. The molecule has 0 radical (unpaired) electrons. The zero-order valence-electron chi connectivity index (χ0n) is 22.6. The standard InChI is InChI=1S/C32H38N2O5S/c33-15-7-6-12-29(30(36)20-27(21-40)32(38)39)34-31(37)26(16-22-8-2-1-3-9-22)19-28(35)18-23-13-14-24-10-4-5-11-25(24)17-23/h1-5,8-11,13-14,17,26-27,29,40H,6-7,12,15-16,18-21,33H2,(H,34,37)(H,38,39)/t26?,27?,29-/m0/s1. The first-order chi connectivity index (χ1) is 19.3. The summed E-state index contributed by atoms with van der Waals surface area (Å²) in [6.07, 6.45) is 1.97. The number of benzene rings is 3. The van der Waals surface area contributed by atoms with Crippen molar-refractivity contribution >= 4 is 46.8 Å². The molecule has 0 aliphatic carbocycles. The lowest BCUT2D eigenvalue weighted by molar-refractivity contribution is -0.143. The molecule has 212 valence electrons. The Kier molecular flexibility index (Phi) is 12.4. The maximum atomic E-state index is 13.6. The smallest absolute Gasteiger partial charge is 0.307 e. The van der Waals surface area contributed by atoms with Gasteiger partial charge in [-0.25, -0.2) is 0 Å². The minimum absolute atomic E-state index is 0.0183. The van der Waals surface area contributed by atoms with Crippen molar-refractivity contribution in [2.75, 3.05) is 12.3 Å². The summed E-state index contributed by atoms with van der Waals surface area (Å²) in [6.45, 7) is 0.448. The largest absolute Gasteiger partial charge is 0.481 e. The van der Waals surface area contributed by atoms with E-state index in [1.54, 1.807) is 0 Å². The van der Waals surface area contributed by atoms with Gasteiger partial charge in [-0.3, -0.25) is 19.2 Å². The van der Waals surface area contributed by atoms with E-state index in [1.165, 1.54) is 0 Å². The Morgan fingerprint density at radius 1 is 0.825 bits per heavy atom. The monoisotopic (exact) mass is 562 g/mol. The number of hydrogen-bond acceptors (Lipinski definition) is 6. The Morgan fingerprint density at radius 3 is 2.20 bits per heavy atom. The fourth-order valence-electron chi connectivity index (χ4n) is 4.79. The third kappa shape index (κ3) is 9.61. The molecule has 0 saturated heterocycles.